The number of esters is 2. The minimum absolute atomic E-state index is 0.0532. The van der Waals surface area contributed by atoms with Gasteiger partial charge in [0.05, 0.1) is 13.2 Å². The van der Waals surface area contributed by atoms with Gasteiger partial charge in [-0.25, -0.2) is 4.57 Å². The molecule has 0 aromatic rings. The Morgan fingerprint density at radius 3 is 1.11 bits per heavy atom. The maximum absolute atomic E-state index is 12.7. The number of phosphoric acid groups is 1. The Hall–Kier alpha value is -2.29. The van der Waals surface area contributed by atoms with Crippen molar-refractivity contribution in [3.63, 3.8) is 0 Å². The van der Waals surface area contributed by atoms with Gasteiger partial charge >= 0.3 is 19.8 Å². The number of ether oxygens (including phenoxy) is 2. The van der Waals surface area contributed by atoms with Crippen LogP contribution in [0.2, 0.25) is 0 Å². The van der Waals surface area contributed by atoms with Gasteiger partial charge in [-0.15, -0.1) is 0 Å². The molecule has 0 radical (unpaired) electrons. The second kappa shape index (κ2) is 60.9. The van der Waals surface area contributed by atoms with Gasteiger partial charge in [-0.1, -0.05) is 280 Å². The van der Waals surface area contributed by atoms with Crippen LogP contribution < -0.4 is 5.73 Å². The molecule has 0 amide bonds. The highest BCUT2D eigenvalue weighted by atomic mass is 31.2. The molecule has 75 heavy (non-hydrogen) atoms. The fourth-order valence-electron chi connectivity index (χ4n) is 9.21. The molecule has 438 valence electrons. The van der Waals surface area contributed by atoms with E-state index in [2.05, 4.69) is 74.6 Å². The molecule has 10 heteroatoms. The number of hydrogen-bond acceptors (Lipinski definition) is 8. The second-order valence-corrected chi connectivity index (χ2v) is 22.7. The molecule has 9 nitrogen and oxygen atoms in total. The fourth-order valence-corrected chi connectivity index (χ4v) is 9.98. The largest absolute Gasteiger partial charge is 0.472 e. The van der Waals surface area contributed by atoms with E-state index in [0.29, 0.717) is 6.42 Å². The number of carbonyl (C=O) groups excluding carboxylic acids is 2. The normalized spacial score (nSPS) is 13.4. The molecule has 3 N–H and O–H groups in total. The average molecular weight is 1070 g/mol. The summed E-state index contributed by atoms with van der Waals surface area (Å²) in [5, 5.41) is 0. The molecule has 0 aliphatic heterocycles. The monoisotopic (exact) mass is 1070 g/mol. The summed E-state index contributed by atoms with van der Waals surface area (Å²) < 4.78 is 33.1. The van der Waals surface area contributed by atoms with Gasteiger partial charge in [0, 0.05) is 19.4 Å². The third-order valence-electron chi connectivity index (χ3n) is 13.9. The second-order valence-electron chi connectivity index (χ2n) is 21.2. The van der Waals surface area contributed by atoms with Gasteiger partial charge in [0.15, 0.2) is 6.10 Å². The predicted molar refractivity (Wildman–Crippen MR) is 321 cm³/mol. The zero-order valence-corrected chi connectivity index (χ0v) is 49.9. The molecule has 0 saturated heterocycles. The van der Waals surface area contributed by atoms with Crippen molar-refractivity contribution in [2.75, 3.05) is 26.4 Å². The molecule has 0 fully saturated rings. The number of allylic oxidation sites excluding steroid dienone is 10. The standard InChI is InChI=1S/C65H120NO8P/c1-3-5-7-9-11-13-15-17-19-21-23-25-27-29-31-33-35-37-39-41-43-45-47-49-51-53-55-57-64(67)71-61-63(62-73-75(69,70)72-60-59-66)74-65(68)58-56-54-52-50-48-46-44-42-40-38-36-34-32-30-28-26-24-22-20-18-16-14-12-10-8-6-4-2/h6,8,12,14,18,20-21,23-24,26,63H,3-5,7,9-11,13,15-17,19,22,25,27-62,66H2,1-2H3,(H,69,70)/b8-6-,14-12-,20-18-,23-21-,26-24-. The summed E-state index contributed by atoms with van der Waals surface area (Å²) in [7, 11) is -4.39. The van der Waals surface area contributed by atoms with Crippen LogP contribution in [0, 0.1) is 0 Å². The molecule has 0 aliphatic carbocycles. The van der Waals surface area contributed by atoms with E-state index in [1.54, 1.807) is 0 Å². The molecule has 0 spiro atoms. The molecular formula is C65H120NO8P. The summed E-state index contributed by atoms with van der Waals surface area (Å²) in [5.41, 5.74) is 5.39. The lowest BCUT2D eigenvalue weighted by molar-refractivity contribution is -0.161. The van der Waals surface area contributed by atoms with Gasteiger partial charge in [0.2, 0.25) is 0 Å². The zero-order valence-electron chi connectivity index (χ0n) is 49.0. The van der Waals surface area contributed by atoms with Crippen molar-refractivity contribution in [3.05, 3.63) is 60.8 Å². The van der Waals surface area contributed by atoms with Crippen LogP contribution in [0.25, 0.3) is 0 Å². The third kappa shape index (κ3) is 60.8. The Bertz CT molecular complexity index is 1410. The van der Waals surface area contributed by atoms with Crippen LogP contribution in [0.15, 0.2) is 60.8 Å². The summed E-state index contributed by atoms with van der Waals surface area (Å²) in [6, 6.07) is 0. The fraction of sp³-hybridized carbons (Fsp3) is 0.815. The van der Waals surface area contributed by atoms with E-state index < -0.39 is 26.5 Å². The lowest BCUT2D eigenvalue weighted by atomic mass is 10.0. The van der Waals surface area contributed by atoms with Gasteiger partial charge < -0.3 is 20.1 Å². The van der Waals surface area contributed by atoms with E-state index >= 15 is 0 Å². The van der Waals surface area contributed by atoms with Crippen LogP contribution >= 0.6 is 7.82 Å². The highest BCUT2D eigenvalue weighted by Crippen LogP contribution is 2.43. The molecule has 0 aromatic heterocycles. The maximum Gasteiger partial charge on any atom is 0.472 e. The Morgan fingerprint density at radius 1 is 0.413 bits per heavy atom. The summed E-state index contributed by atoms with van der Waals surface area (Å²) in [6.45, 7) is 3.68. The van der Waals surface area contributed by atoms with Crippen LogP contribution in [0.3, 0.4) is 0 Å². The van der Waals surface area contributed by atoms with Gasteiger partial charge in [0.1, 0.15) is 6.61 Å². The highest BCUT2D eigenvalue weighted by Gasteiger charge is 2.26. The first-order chi connectivity index (χ1) is 36.8. The minimum Gasteiger partial charge on any atom is -0.462 e. The predicted octanol–water partition coefficient (Wildman–Crippen LogP) is 20.3. The number of unbranched alkanes of at least 4 members (excludes halogenated alkanes) is 37. The average Bonchev–Trinajstić information content (AvgIpc) is 3.40. The first-order valence-electron chi connectivity index (χ1n) is 31.8. The molecular weight excluding hydrogens is 954 g/mol. The highest BCUT2D eigenvalue weighted by molar-refractivity contribution is 7.47. The molecule has 0 heterocycles. The van der Waals surface area contributed by atoms with Crippen LogP contribution in [-0.4, -0.2) is 49.3 Å². The molecule has 2 unspecified atom stereocenters. The number of carbonyl (C=O) groups is 2. The third-order valence-corrected chi connectivity index (χ3v) is 14.9. The SMILES string of the molecule is CC/C=C\C/C=C\C/C=C\C/C=C\CCCCCCCCCCCCCCCCC(=O)OC(COC(=O)CCCCCCCCCCCCCCCCC/C=C\CCCCCCCCCC)COP(=O)(O)OCCN. The van der Waals surface area contributed by atoms with Gasteiger partial charge in [-0.2, -0.15) is 0 Å². The number of hydrogen-bond donors (Lipinski definition) is 2. The quantitative estimate of drug-likeness (QED) is 0.0264. The number of rotatable bonds is 60. The Morgan fingerprint density at radius 2 is 0.733 bits per heavy atom. The summed E-state index contributed by atoms with van der Waals surface area (Å²) >= 11 is 0. The minimum atomic E-state index is -4.39. The van der Waals surface area contributed by atoms with Crippen LogP contribution in [0.4, 0.5) is 0 Å². The van der Waals surface area contributed by atoms with Crippen molar-refractivity contribution in [1.29, 1.82) is 0 Å². The van der Waals surface area contributed by atoms with Crippen molar-refractivity contribution in [2.24, 2.45) is 5.73 Å². The van der Waals surface area contributed by atoms with Crippen molar-refractivity contribution in [1.82, 2.24) is 0 Å². The van der Waals surface area contributed by atoms with E-state index in [0.717, 1.165) is 64.2 Å². The summed E-state index contributed by atoms with van der Waals surface area (Å²) in [4.78, 5) is 35.3. The summed E-state index contributed by atoms with van der Waals surface area (Å²) in [6.07, 6.45) is 77.2. The van der Waals surface area contributed by atoms with Crippen LogP contribution in [0.5, 0.6) is 0 Å². The molecule has 0 aromatic carbocycles. The van der Waals surface area contributed by atoms with E-state index in [9.17, 15) is 19.0 Å². The van der Waals surface area contributed by atoms with Crippen molar-refractivity contribution >= 4 is 19.8 Å². The molecule has 0 saturated carbocycles. The van der Waals surface area contributed by atoms with Gasteiger partial charge in [-0.05, 0) is 77.0 Å². The summed E-state index contributed by atoms with van der Waals surface area (Å²) in [5.74, 6) is -0.816. The Balaban J connectivity index is 3.90. The topological polar surface area (TPSA) is 134 Å². The molecule has 0 bridgehead atoms. The molecule has 0 aliphatic rings. The lowest BCUT2D eigenvalue weighted by Crippen LogP contribution is -2.29. The van der Waals surface area contributed by atoms with Crippen molar-refractivity contribution in [2.45, 2.75) is 315 Å². The zero-order chi connectivity index (χ0) is 54.5. The van der Waals surface area contributed by atoms with Gasteiger partial charge in [0.25, 0.3) is 0 Å². The van der Waals surface area contributed by atoms with Crippen molar-refractivity contribution in [3.8, 4) is 0 Å². The first kappa shape index (κ1) is 72.7. The smallest absolute Gasteiger partial charge is 0.462 e. The van der Waals surface area contributed by atoms with Crippen LogP contribution in [-0.2, 0) is 32.7 Å². The van der Waals surface area contributed by atoms with E-state index in [4.69, 9.17) is 24.3 Å². The lowest BCUT2D eigenvalue weighted by Gasteiger charge is -2.19. The molecule has 0 rings (SSSR count). The van der Waals surface area contributed by atoms with E-state index in [1.807, 2.05) is 0 Å². The number of nitrogens with two attached hydrogens (primary N) is 1. The molecule has 2 atom stereocenters. The van der Waals surface area contributed by atoms with E-state index in [-0.39, 0.29) is 38.6 Å². The van der Waals surface area contributed by atoms with Crippen molar-refractivity contribution < 1.29 is 37.6 Å². The van der Waals surface area contributed by atoms with E-state index in [1.165, 1.54) is 212 Å². The Kier molecular flexibility index (Phi) is 59.1. The number of phosphoric ester groups is 1. The maximum atomic E-state index is 12.7. The first-order valence-corrected chi connectivity index (χ1v) is 33.3. The van der Waals surface area contributed by atoms with Gasteiger partial charge in [-0.3, -0.25) is 18.6 Å². The Labute approximate surface area is 463 Å². The van der Waals surface area contributed by atoms with Crippen LogP contribution in [0.1, 0.15) is 309 Å².